The first kappa shape index (κ1) is 57.1. The van der Waals surface area contributed by atoms with E-state index >= 15 is 0 Å². The van der Waals surface area contributed by atoms with Crippen molar-refractivity contribution in [1.82, 2.24) is 29.9 Å². The van der Waals surface area contributed by atoms with Crippen LogP contribution in [-0.2, 0) is 19.8 Å². The molecule has 12 nitrogen and oxygen atoms in total. The molecule has 0 aliphatic heterocycles. The van der Waals surface area contributed by atoms with E-state index in [-0.39, 0.29) is 54.0 Å². The van der Waals surface area contributed by atoms with Gasteiger partial charge >= 0.3 is 6.04 Å². The number of pyridine rings is 3. The summed E-state index contributed by atoms with van der Waals surface area (Å²) in [6, 6.07) is 45.3. The Morgan fingerprint density at radius 2 is 1.01 bits per heavy atom. The van der Waals surface area contributed by atoms with E-state index in [1.807, 2.05) is 85.9 Å². The number of aromatic nitrogens is 6. The highest BCUT2D eigenvalue weighted by Gasteiger charge is 2.19. The molecule has 0 saturated heterocycles. The molecular weight excluding hydrogens is 1100 g/mol. The van der Waals surface area contributed by atoms with Gasteiger partial charge in [-0.1, -0.05) is 83.4 Å². The molecule has 0 aliphatic carbocycles. The third-order valence-corrected chi connectivity index (χ3v) is 13.1. The highest BCUT2D eigenvalue weighted by atomic mass is 35.5. The van der Waals surface area contributed by atoms with E-state index in [0.717, 1.165) is 44.7 Å². The van der Waals surface area contributed by atoms with E-state index < -0.39 is 29.6 Å². The molecule has 0 radical (unpaired) electrons. The maximum atomic E-state index is 14.5. The largest absolute Gasteiger partial charge is 0.486 e. The number of hydrogen-bond acceptors (Lipinski definition) is 9. The zero-order valence-corrected chi connectivity index (χ0v) is 44.9. The average molecular weight is 1140 g/mol. The van der Waals surface area contributed by atoms with Crippen molar-refractivity contribution < 1.29 is 46.5 Å². The van der Waals surface area contributed by atoms with Crippen LogP contribution in [0.3, 0.4) is 0 Å². The van der Waals surface area contributed by atoms with Crippen molar-refractivity contribution in [3.8, 4) is 17.2 Å². The molecule has 0 spiro atoms. The summed E-state index contributed by atoms with van der Waals surface area (Å²) < 4.78 is 71.1. The number of carbonyl (C=O) groups excluding carboxylic acids is 2. The summed E-state index contributed by atoms with van der Waals surface area (Å²) in [7, 11) is 0. The molecule has 0 saturated carbocycles. The standard InChI is InChI=1S/C21H16ClFN2O2.C21H14ClFN2O2.C15H12F2O2.C7H6N2/c2*22-15-6-3-13(4-7-15)12-27-19-8-5-14(10-18(19)23)20(26)17-11-25-21-16(17)2-1-9-24-21;1-10-2-4-11(5-3-10)9-19-14-7-6-12(15(17)18)8-13(14)16;1-2-6-3-5-9-7(6)8-4-1/h1-11,20,26H,12H2,(H,24,25);1-11H,12H2,(H,24,25);2-8H,9H2,1H3;1-5H,(H,8,9). The predicted octanol–water partition coefficient (Wildman–Crippen LogP) is 15.6. The van der Waals surface area contributed by atoms with Gasteiger partial charge in [0.1, 0.15) is 42.9 Å². The molecule has 6 aromatic heterocycles. The Bertz CT molecular complexity index is 4090. The van der Waals surface area contributed by atoms with Gasteiger partial charge in [0.2, 0.25) is 0 Å². The molecule has 82 heavy (non-hydrogen) atoms. The summed E-state index contributed by atoms with van der Waals surface area (Å²) >= 11 is 11.7. The van der Waals surface area contributed by atoms with Crippen LogP contribution in [0, 0.1) is 24.4 Å². The van der Waals surface area contributed by atoms with E-state index in [1.54, 1.807) is 85.6 Å². The molecule has 1 unspecified atom stereocenters. The molecule has 6 heterocycles. The van der Waals surface area contributed by atoms with Gasteiger partial charge in [0.25, 0.3) is 0 Å². The van der Waals surface area contributed by atoms with Gasteiger partial charge in [0.15, 0.2) is 40.5 Å². The summed E-state index contributed by atoms with van der Waals surface area (Å²) in [6.45, 7) is 2.61. The number of aromatic amines is 3. The van der Waals surface area contributed by atoms with E-state index in [1.165, 1.54) is 36.4 Å². The van der Waals surface area contributed by atoms with Gasteiger partial charge in [-0.25, -0.2) is 28.1 Å². The Kier molecular flexibility index (Phi) is 18.8. The molecule has 6 aromatic carbocycles. The predicted molar refractivity (Wildman–Crippen MR) is 307 cm³/mol. The minimum Gasteiger partial charge on any atom is -0.486 e. The molecule has 0 amide bonds. The number of aliphatic hydroxyl groups is 1. The van der Waals surface area contributed by atoms with Crippen LogP contribution in [0.4, 0.5) is 17.6 Å². The molecule has 18 heteroatoms. The number of benzene rings is 6. The van der Waals surface area contributed by atoms with E-state index in [9.17, 15) is 32.3 Å². The van der Waals surface area contributed by atoms with Gasteiger partial charge < -0.3 is 34.3 Å². The molecule has 1 atom stereocenters. The van der Waals surface area contributed by atoms with Crippen molar-refractivity contribution in [2.75, 3.05) is 0 Å². The Hall–Kier alpha value is -9.61. The van der Waals surface area contributed by atoms with Crippen molar-refractivity contribution in [2.24, 2.45) is 0 Å². The van der Waals surface area contributed by atoms with Crippen LogP contribution in [0.15, 0.2) is 207 Å². The quantitative estimate of drug-likeness (QED) is 0.0470. The number of fused-ring (bicyclic) bond motifs is 3. The number of hydrogen-bond donors (Lipinski definition) is 4. The zero-order chi connectivity index (χ0) is 57.5. The number of carbonyl (C=O) groups is 2. The number of nitrogens with one attached hydrogen (secondary N) is 3. The third-order valence-electron chi connectivity index (χ3n) is 12.6. The normalized spacial score (nSPS) is 11.1. The van der Waals surface area contributed by atoms with Crippen molar-refractivity contribution in [3.05, 3.63) is 285 Å². The fourth-order valence-corrected chi connectivity index (χ4v) is 8.45. The Morgan fingerprint density at radius 3 is 1.56 bits per heavy atom. The molecule has 412 valence electrons. The Morgan fingerprint density at radius 1 is 0.537 bits per heavy atom. The van der Waals surface area contributed by atoms with Crippen LogP contribution in [-0.4, -0.2) is 46.8 Å². The Balaban J connectivity index is 0.000000139. The Labute approximate surface area is 477 Å². The molecule has 12 rings (SSSR count). The van der Waals surface area contributed by atoms with Crippen LogP contribution in [0.1, 0.15) is 65.8 Å². The van der Waals surface area contributed by atoms with Gasteiger partial charge in [-0.2, -0.15) is 4.39 Å². The highest BCUT2D eigenvalue weighted by molar-refractivity contribution is 6.30. The lowest BCUT2D eigenvalue weighted by Crippen LogP contribution is -2.03. The second-order valence-corrected chi connectivity index (χ2v) is 19.1. The number of nitrogens with zero attached hydrogens (tertiary/aromatic N) is 3. The maximum Gasteiger partial charge on any atom is 0.332 e. The number of rotatable bonds is 14. The number of ether oxygens (including phenoxy) is 3. The molecular formula is C64H48Cl2F4N6O6. The molecule has 12 aromatic rings. The minimum absolute atomic E-state index is 0.00873. The van der Waals surface area contributed by atoms with Gasteiger partial charge in [-0.3, -0.25) is 9.59 Å². The topological polar surface area (TPSA) is 168 Å². The summed E-state index contributed by atoms with van der Waals surface area (Å²) in [5.41, 5.74) is 7.49. The van der Waals surface area contributed by atoms with E-state index in [0.29, 0.717) is 43.4 Å². The summed E-state index contributed by atoms with van der Waals surface area (Å²) in [5, 5.41) is 14.6. The number of halogens is 6. The summed E-state index contributed by atoms with van der Waals surface area (Å²) in [5.74, 6) is -1.95. The highest BCUT2D eigenvalue weighted by Crippen LogP contribution is 2.31. The van der Waals surface area contributed by atoms with Crippen LogP contribution in [0.5, 0.6) is 17.2 Å². The lowest BCUT2D eigenvalue weighted by molar-refractivity contribution is 0.0834. The van der Waals surface area contributed by atoms with Crippen LogP contribution in [0.2, 0.25) is 10.0 Å². The number of aryl methyl sites for hydroxylation is 1. The van der Waals surface area contributed by atoms with Crippen LogP contribution in [0.25, 0.3) is 33.1 Å². The van der Waals surface area contributed by atoms with Crippen molar-refractivity contribution in [1.29, 1.82) is 0 Å². The monoisotopic (exact) mass is 1140 g/mol. The van der Waals surface area contributed by atoms with Crippen molar-refractivity contribution in [3.63, 3.8) is 0 Å². The molecule has 0 aliphatic rings. The van der Waals surface area contributed by atoms with Gasteiger partial charge in [0, 0.05) is 80.1 Å². The lowest BCUT2D eigenvalue weighted by Gasteiger charge is -2.13. The molecule has 4 N–H and O–H groups in total. The SMILES string of the molecule is Cc1ccc(COc2ccc(C(=O)F)cc2F)cc1.O=C(c1ccc(OCc2ccc(Cl)cc2)c(F)c1)c1c[nH]c2ncccc12.OC(c1ccc(OCc2ccc(Cl)cc2)c(F)c1)c1c[nH]c2ncccc12.c1cnc2[nH]ccc2c1. The van der Waals surface area contributed by atoms with E-state index in [4.69, 9.17) is 37.4 Å². The number of ketones is 1. The van der Waals surface area contributed by atoms with Gasteiger partial charge in [-0.15, -0.1) is 0 Å². The second-order valence-electron chi connectivity index (χ2n) is 18.3. The lowest BCUT2D eigenvalue weighted by atomic mass is 10.0. The van der Waals surface area contributed by atoms with Gasteiger partial charge in [-0.05, 0) is 144 Å². The molecule has 0 fully saturated rings. The summed E-state index contributed by atoms with van der Waals surface area (Å²) in [4.78, 5) is 44.6. The third kappa shape index (κ3) is 14.8. The first-order valence-electron chi connectivity index (χ1n) is 25.2. The van der Waals surface area contributed by atoms with Gasteiger partial charge in [0.05, 0.1) is 5.56 Å². The minimum atomic E-state index is -1.66. The molecule has 0 bridgehead atoms. The first-order valence-corrected chi connectivity index (χ1v) is 26.0. The maximum absolute atomic E-state index is 14.5. The first-order chi connectivity index (χ1) is 39.8. The fraction of sp³-hybridized carbons (Fsp3) is 0.0781. The number of H-pyrrole nitrogens is 3. The smallest absolute Gasteiger partial charge is 0.332 e. The van der Waals surface area contributed by atoms with E-state index in [2.05, 4.69) is 29.9 Å². The zero-order valence-electron chi connectivity index (χ0n) is 43.4. The van der Waals surface area contributed by atoms with Crippen molar-refractivity contribution in [2.45, 2.75) is 32.8 Å². The van der Waals surface area contributed by atoms with Crippen molar-refractivity contribution >= 4 is 68.1 Å². The van der Waals surface area contributed by atoms with Crippen LogP contribution >= 0.6 is 23.2 Å². The number of aliphatic hydroxyl groups excluding tert-OH is 1. The fourth-order valence-electron chi connectivity index (χ4n) is 8.20. The summed E-state index contributed by atoms with van der Waals surface area (Å²) in [6.07, 6.45) is 9.27. The second kappa shape index (κ2) is 27.0. The average Bonchev–Trinajstić information content (AvgIpc) is 4.36. The van der Waals surface area contributed by atoms with Crippen LogP contribution < -0.4 is 14.2 Å².